The topological polar surface area (TPSA) is 53.5 Å². The number of hydrogen-bond acceptors (Lipinski definition) is 3. The van der Waals surface area contributed by atoms with Crippen molar-refractivity contribution >= 4 is 65.4 Å². The van der Waals surface area contributed by atoms with Gasteiger partial charge in [-0.2, -0.15) is 0 Å². The summed E-state index contributed by atoms with van der Waals surface area (Å²) >= 11 is 0. The first-order valence-electron chi connectivity index (χ1n) is 23.6. The third-order valence-electron chi connectivity index (χ3n) is 13.8. The average Bonchev–Trinajstić information content (AvgIpc) is 4.07. The van der Waals surface area contributed by atoms with Crippen molar-refractivity contribution in [3.63, 3.8) is 0 Å². The average molecular weight is 917 g/mol. The van der Waals surface area contributed by atoms with Crippen LogP contribution in [0.5, 0.6) is 0 Å². The van der Waals surface area contributed by atoms with Crippen LogP contribution in [-0.4, -0.2) is 28.7 Å². The number of halogens is 2. The van der Waals surface area contributed by atoms with E-state index in [1.54, 1.807) is 0 Å². The van der Waals surface area contributed by atoms with E-state index < -0.39 is 11.6 Å². The summed E-state index contributed by atoms with van der Waals surface area (Å²) in [5.41, 5.74) is 11.7. The second kappa shape index (κ2) is 16.0. The van der Waals surface area contributed by atoms with Crippen LogP contribution in [0.15, 0.2) is 231 Å². The number of rotatable bonds is 7. The fourth-order valence-electron chi connectivity index (χ4n) is 10.6. The summed E-state index contributed by atoms with van der Waals surface area (Å²) in [6, 6.07) is 76.6. The molecule has 0 saturated heterocycles. The summed E-state index contributed by atoms with van der Waals surface area (Å²) in [6.07, 6.45) is 0. The van der Waals surface area contributed by atoms with Crippen LogP contribution < -0.4 is 0 Å². The van der Waals surface area contributed by atoms with Crippen LogP contribution in [0.2, 0.25) is 0 Å². The molecule has 0 spiro atoms. The van der Waals surface area contributed by atoms with Gasteiger partial charge in [-0.3, -0.25) is 0 Å². The minimum absolute atomic E-state index is 0.0463. The van der Waals surface area contributed by atoms with Crippen LogP contribution in [0, 0.1) is 11.6 Å². The number of aromatic nitrogens is 6. The lowest BCUT2D eigenvalue weighted by Crippen LogP contribution is -2.02. The van der Waals surface area contributed by atoms with Gasteiger partial charge in [0.15, 0.2) is 17.5 Å². The van der Waals surface area contributed by atoms with E-state index in [-0.39, 0.29) is 17.0 Å². The van der Waals surface area contributed by atoms with Gasteiger partial charge in [0.1, 0.15) is 11.6 Å². The molecule has 0 amide bonds. The van der Waals surface area contributed by atoms with Crippen molar-refractivity contribution < 1.29 is 8.78 Å². The van der Waals surface area contributed by atoms with Gasteiger partial charge in [0.2, 0.25) is 0 Å². The zero-order chi connectivity index (χ0) is 47.2. The smallest absolute Gasteiger partial charge is 0.167 e. The quantitative estimate of drug-likeness (QED) is 0.160. The molecule has 6 nitrogen and oxygen atoms in total. The van der Waals surface area contributed by atoms with Gasteiger partial charge >= 0.3 is 0 Å². The van der Waals surface area contributed by atoms with Gasteiger partial charge in [0, 0.05) is 66.1 Å². The normalized spacial score (nSPS) is 11.8. The van der Waals surface area contributed by atoms with Crippen molar-refractivity contribution in [1.29, 1.82) is 0 Å². The van der Waals surface area contributed by atoms with Crippen molar-refractivity contribution in [1.82, 2.24) is 28.7 Å². The van der Waals surface area contributed by atoms with Crippen molar-refractivity contribution in [3.05, 3.63) is 242 Å². The first kappa shape index (κ1) is 40.5. The summed E-state index contributed by atoms with van der Waals surface area (Å²) in [5.74, 6) is -0.459. The Morgan fingerprint density at radius 2 is 0.592 bits per heavy atom. The number of benzene rings is 10. The Labute approximate surface area is 405 Å². The first-order chi connectivity index (χ1) is 35.0. The number of nitrogens with zero attached hydrogens (tertiary/aromatic N) is 6. The van der Waals surface area contributed by atoms with Crippen molar-refractivity contribution in [3.8, 4) is 62.4 Å². The molecular weight excluding hydrogens is 879 g/mol. The van der Waals surface area contributed by atoms with Crippen LogP contribution in [-0.2, 0) is 0 Å². The lowest BCUT2D eigenvalue weighted by atomic mass is 10.0. The Kier molecular flexibility index (Phi) is 9.16. The molecule has 4 aromatic heterocycles. The van der Waals surface area contributed by atoms with E-state index in [0.717, 1.165) is 72.1 Å². The number of fused-ring (bicyclic) bond motifs is 9. The summed E-state index contributed by atoms with van der Waals surface area (Å²) in [5, 5.41) is 6.96. The highest BCUT2D eigenvalue weighted by Crippen LogP contribution is 2.40. The van der Waals surface area contributed by atoms with E-state index in [0.29, 0.717) is 17.2 Å². The van der Waals surface area contributed by atoms with Gasteiger partial charge in [-0.1, -0.05) is 146 Å². The SMILES string of the molecule is Fc1cc(-c2nc(-c3ccccc3)nc(-c3ccccc3)n2)c(F)cc1-c1ccc(-n2c3ccc(-n4c5ccccc5c5ccccc54)cc3c3cc(-n4c5ccccc5c5ccccc54)ccc32)cc1. The zero-order valence-corrected chi connectivity index (χ0v) is 37.9. The maximum absolute atomic E-state index is 16.5. The predicted octanol–water partition coefficient (Wildman–Crippen LogP) is 16.1. The highest BCUT2D eigenvalue weighted by Gasteiger charge is 2.22. The summed E-state index contributed by atoms with van der Waals surface area (Å²) in [6.45, 7) is 0. The maximum Gasteiger partial charge on any atom is 0.167 e. The molecule has 0 saturated carbocycles. The molecule has 14 aromatic rings. The molecule has 4 heterocycles. The molecule has 10 aromatic carbocycles. The maximum atomic E-state index is 16.5. The Morgan fingerprint density at radius 1 is 0.254 bits per heavy atom. The molecule has 71 heavy (non-hydrogen) atoms. The predicted molar refractivity (Wildman–Crippen MR) is 285 cm³/mol. The molecule has 0 unspecified atom stereocenters. The van der Waals surface area contributed by atoms with Gasteiger partial charge < -0.3 is 13.7 Å². The van der Waals surface area contributed by atoms with Crippen LogP contribution in [0.25, 0.3) is 128 Å². The molecule has 0 N–H and O–H groups in total. The van der Waals surface area contributed by atoms with Crippen LogP contribution in [0.4, 0.5) is 8.78 Å². The molecule has 14 rings (SSSR count). The van der Waals surface area contributed by atoms with Crippen LogP contribution in [0.3, 0.4) is 0 Å². The molecule has 0 aliphatic rings. The van der Waals surface area contributed by atoms with E-state index in [4.69, 9.17) is 4.98 Å². The Morgan fingerprint density at radius 3 is 1.04 bits per heavy atom. The highest BCUT2D eigenvalue weighted by atomic mass is 19.1. The Bertz CT molecular complexity index is 4080. The summed E-state index contributed by atoms with van der Waals surface area (Å²) in [4.78, 5) is 14.0. The van der Waals surface area contributed by atoms with Gasteiger partial charge in [-0.05, 0) is 90.5 Å². The second-order valence-corrected chi connectivity index (χ2v) is 17.9. The second-order valence-electron chi connectivity index (χ2n) is 17.9. The van der Waals surface area contributed by atoms with E-state index >= 15 is 8.78 Å². The number of para-hydroxylation sites is 4. The number of hydrogen-bond donors (Lipinski definition) is 0. The van der Waals surface area contributed by atoms with Crippen molar-refractivity contribution in [2.75, 3.05) is 0 Å². The van der Waals surface area contributed by atoms with Crippen LogP contribution >= 0.6 is 0 Å². The molecule has 0 bridgehead atoms. The monoisotopic (exact) mass is 916 g/mol. The van der Waals surface area contributed by atoms with E-state index in [2.05, 4.69) is 157 Å². The minimum Gasteiger partial charge on any atom is -0.309 e. The first-order valence-corrected chi connectivity index (χ1v) is 23.6. The fraction of sp³-hybridized carbons (Fsp3) is 0. The summed E-state index contributed by atoms with van der Waals surface area (Å²) in [7, 11) is 0. The lowest BCUT2D eigenvalue weighted by molar-refractivity contribution is 0.605. The molecule has 334 valence electrons. The van der Waals surface area contributed by atoms with Gasteiger partial charge in [0.05, 0.1) is 38.7 Å². The van der Waals surface area contributed by atoms with E-state index in [1.807, 2.05) is 84.9 Å². The fourth-order valence-corrected chi connectivity index (χ4v) is 10.6. The zero-order valence-electron chi connectivity index (χ0n) is 37.9. The molecular formula is C63H38F2N6. The molecule has 8 heteroatoms. The largest absolute Gasteiger partial charge is 0.309 e. The summed E-state index contributed by atoms with van der Waals surface area (Å²) < 4.78 is 39.9. The third kappa shape index (κ3) is 6.49. The molecule has 0 radical (unpaired) electrons. The lowest BCUT2D eigenvalue weighted by Gasteiger charge is -2.13. The molecule has 0 aliphatic carbocycles. The Hall–Kier alpha value is -9.53. The highest BCUT2D eigenvalue weighted by molar-refractivity contribution is 6.14. The van der Waals surface area contributed by atoms with Gasteiger partial charge in [-0.25, -0.2) is 23.7 Å². The van der Waals surface area contributed by atoms with Crippen LogP contribution in [0.1, 0.15) is 0 Å². The van der Waals surface area contributed by atoms with Crippen molar-refractivity contribution in [2.24, 2.45) is 0 Å². The minimum atomic E-state index is -0.643. The van der Waals surface area contributed by atoms with E-state index in [9.17, 15) is 0 Å². The Balaban J connectivity index is 0.910. The van der Waals surface area contributed by atoms with Crippen molar-refractivity contribution in [2.45, 2.75) is 0 Å². The third-order valence-corrected chi connectivity index (χ3v) is 13.8. The molecule has 0 aliphatic heterocycles. The standard InChI is InChI=1S/C63H38F2N6/c64-53-38-52(63-67-61(40-15-3-1-4-16-40)66-62(68-63)41-17-5-2-6-18-41)54(65)37-49(53)39-27-29-42(30-28-39)69-59-33-31-43(70-55-23-11-7-19-45(55)46-20-8-12-24-56(46)70)35-50(59)51-36-44(32-34-60(51)69)71-57-25-13-9-21-47(57)48-22-10-14-26-58(48)71/h1-38H. The van der Waals surface area contributed by atoms with E-state index in [1.165, 1.54) is 33.7 Å². The molecule has 0 atom stereocenters. The van der Waals surface area contributed by atoms with Gasteiger partial charge in [-0.15, -0.1) is 0 Å². The van der Waals surface area contributed by atoms with Gasteiger partial charge in [0.25, 0.3) is 0 Å². The molecule has 0 fully saturated rings.